The van der Waals surface area contributed by atoms with Crippen LogP contribution in [0.5, 0.6) is 0 Å². The fraction of sp³-hybridized carbons (Fsp3) is 0.296. The molecule has 0 unspecified atom stereocenters. The maximum Gasteiger partial charge on any atom is 0.237 e. The largest absolute Gasteiger partial charge is 0.337 e. The number of carbonyl (C=O) groups excluding carboxylic acids is 2. The zero-order chi connectivity index (χ0) is 24.5. The molecule has 182 valence electrons. The molecule has 0 radical (unpaired) electrons. The van der Waals surface area contributed by atoms with E-state index in [0.29, 0.717) is 26.2 Å². The number of rotatable bonds is 5. The average Bonchev–Trinajstić information content (AvgIpc) is 3.56. The molecule has 0 bridgehead atoms. The number of nitrogens with one attached hydrogen (secondary N) is 2. The number of amides is 2. The summed E-state index contributed by atoms with van der Waals surface area (Å²) in [5, 5.41) is 11.5. The summed E-state index contributed by atoms with van der Waals surface area (Å²) in [6, 6.07) is 13.5. The van der Waals surface area contributed by atoms with Crippen LogP contribution in [-0.2, 0) is 22.6 Å². The number of aromatic nitrogens is 4. The molecular weight excluding hydrogens is 454 g/mol. The molecule has 2 N–H and O–H groups in total. The second-order valence-corrected chi connectivity index (χ2v) is 9.45. The van der Waals surface area contributed by atoms with Crippen LogP contribution in [0.2, 0.25) is 0 Å². The first-order chi connectivity index (χ1) is 17.6. The van der Waals surface area contributed by atoms with Gasteiger partial charge in [0.2, 0.25) is 11.8 Å². The van der Waals surface area contributed by atoms with Crippen LogP contribution < -0.4 is 5.32 Å². The molecule has 0 spiro atoms. The van der Waals surface area contributed by atoms with Gasteiger partial charge in [-0.05, 0) is 54.9 Å². The maximum atomic E-state index is 13.0. The molecule has 2 aliphatic rings. The first-order valence-electron chi connectivity index (χ1n) is 12.3. The molecule has 4 aromatic rings. The Bertz CT molecular complexity index is 1420. The molecule has 9 nitrogen and oxygen atoms in total. The molecule has 2 aliphatic heterocycles. The summed E-state index contributed by atoms with van der Waals surface area (Å²) in [5.41, 5.74) is 5.63. The molecule has 0 aliphatic carbocycles. The van der Waals surface area contributed by atoms with E-state index in [1.165, 1.54) is 0 Å². The highest BCUT2D eigenvalue weighted by molar-refractivity contribution is 5.99. The third-order valence-electron chi connectivity index (χ3n) is 7.10. The number of fused-ring (bicyclic) bond motifs is 2. The lowest BCUT2D eigenvalue weighted by molar-refractivity contribution is -0.133. The quantitative estimate of drug-likeness (QED) is 0.454. The number of nitrogens with zero attached hydrogens (tertiary/aromatic N) is 5. The Labute approximate surface area is 208 Å². The molecule has 3 aromatic heterocycles. The second-order valence-electron chi connectivity index (χ2n) is 9.45. The number of hydrogen-bond donors (Lipinski definition) is 2. The molecule has 36 heavy (non-hydrogen) atoms. The zero-order valence-corrected chi connectivity index (χ0v) is 19.9. The van der Waals surface area contributed by atoms with Crippen LogP contribution in [-0.4, -0.2) is 68.0 Å². The van der Waals surface area contributed by atoms with Gasteiger partial charge < -0.3 is 10.2 Å². The minimum absolute atomic E-state index is 0.0174. The Balaban J connectivity index is 1.07. The van der Waals surface area contributed by atoms with E-state index in [1.807, 2.05) is 47.4 Å². The smallest absolute Gasteiger partial charge is 0.237 e. The van der Waals surface area contributed by atoms with Crippen molar-refractivity contribution in [2.45, 2.75) is 19.4 Å². The highest BCUT2D eigenvalue weighted by Crippen LogP contribution is 2.29. The van der Waals surface area contributed by atoms with Crippen molar-refractivity contribution in [1.82, 2.24) is 30.0 Å². The SMILES string of the molecule is O=C(Nc1ccc2[nH]nc(-c3ccncc3)c2c1)[C@@H]1CCN(CC(=O)N2CCc3ncccc3C2)C1. The highest BCUT2D eigenvalue weighted by Gasteiger charge is 2.31. The average molecular weight is 482 g/mol. The molecule has 1 fully saturated rings. The summed E-state index contributed by atoms with van der Waals surface area (Å²) in [5.74, 6) is -0.0559. The Morgan fingerprint density at radius 1 is 1.08 bits per heavy atom. The van der Waals surface area contributed by atoms with E-state index < -0.39 is 0 Å². The van der Waals surface area contributed by atoms with Gasteiger partial charge in [0.1, 0.15) is 5.69 Å². The van der Waals surface area contributed by atoms with E-state index >= 15 is 0 Å². The maximum absolute atomic E-state index is 13.0. The second kappa shape index (κ2) is 9.50. The first-order valence-corrected chi connectivity index (χ1v) is 12.3. The monoisotopic (exact) mass is 481 g/mol. The van der Waals surface area contributed by atoms with Crippen molar-refractivity contribution in [2.75, 3.05) is 31.5 Å². The summed E-state index contributed by atoms with van der Waals surface area (Å²) in [6.07, 6.45) is 6.80. The van der Waals surface area contributed by atoms with E-state index in [1.54, 1.807) is 18.6 Å². The zero-order valence-electron chi connectivity index (χ0n) is 19.9. The van der Waals surface area contributed by atoms with Gasteiger partial charge in [0.25, 0.3) is 0 Å². The lowest BCUT2D eigenvalue weighted by Gasteiger charge is -2.29. The molecular formula is C27H27N7O2. The van der Waals surface area contributed by atoms with E-state index in [4.69, 9.17) is 0 Å². The molecule has 5 heterocycles. The molecule has 6 rings (SSSR count). The standard InChI is InChI=1S/C27H27N7O2/c35-25(34-13-8-23-19(16-34)2-1-9-29-23)17-33-12-7-20(15-33)27(36)30-21-3-4-24-22(14-21)26(32-31-24)18-5-10-28-11-6-18/h1-6,9-11,14,20H,7-8,12-13,15-17H2,(H,30,36)(H,31,32)/t20-/m1/s1. The normalized spacial score (nSPS) is 17.8. The number of pyridine rings is 2. The van der Waals surface area contributed by atoms with Crippen LogP contribution in [0.15, 0.2) is 61.1 Å². The van der Waals surface area contributed by atoms with Crippen molar-refractivity contribution < 1.29 is 9.59 Å². The molecule has 1 aromatic carbocycles. The molecule has 1 atom stereocenters. The number of benzene rings is 1. The number of aromatic amines is 1. The van der Waals surface area contributed by atoms with Crippen molar-refractivity contribution >= 4 is 28.4 Å². The number of likely N-dealkylation sites (tertiary alicyclic amines) is 1. The predicted octanol–water partition coefficient (Wildman–Crippen LogP) is 2.87. The third kappa shape index (κ3) is 4.45. The Morgan fingerprint density at radius 2 is 1.97 bits per heavy atom. The van der Waals surface area contributed by atoms with E-state index in [-0.39, 0.29) is 17.7 Å². The fourth-order valence-electron chi connectivity index (χ4n) is 5.13. The minimum atomic E-state index is -0.149. The third-order valence-corrected chi connectivity index (χ3v) is 7.10. The van der Waals surface area contributed by atoms with Gasteiger partial charge >= 0.3 is 0 Å². The summed E-state index contributed by atoms with van der Waals surface area (Å²) in [4.78, 5) is 38.4. The van der Waals surface area contributed by atoms with Crippen molar-refractivity contribution in [3.8, 4) is 11.3 Å². The van der Waals surface area contributed by atoms with Gasteiger partial charge in [-0.3, -0.25) is 29.6 Å². The number of H-pyrrole nitrogens is 1. The Hall–Kier alpha value is -4.11. The van der Waals surface area contributed by atoms with Crippen molar-refractivity contribution in [2.24, 2.45) is 5.92 Å². The predicted molar refractivity (Wildman–Crippen MR) is 136 cm³/mol. The Kier molecular flexibility index (Phi) is 5.90. The van der Waals surface area contributed by atoms with Gasteiger partial charge in [-0.1, -0.05) is 6.07 Å². The summed E-state index contributed by atoms with van der Waals surface area (Å²) >= 11 is 0. The van der Waals surface area contributed by atoms with Crippen LogP contribution in [0.25, 0.3) is 22.2 Å². The molecule has 9 heteroatoms. The molecule has 0 saturated carbocycles. The van der Waals surface area contributed by atoms with Crippen LogP contribution >= 0.6 is 0 Å². The number of anilines is 1. The van der Waals surface area contributed by atoms with Crippen molar-refractivity contribution in [3.05, 3.63) is 72.3 Å². The van der Waals surface area contributed by atoms with Crippen LogP contribution in [0.3, 0.4) is 0 Å². The van der Waals surface area contributed by atoms with Gasteiger partial charge in [0.15, 0.2) is 0 Å². The minimum Gasteiger partial charge on any atom is -0.337 e. The van der Waals surface area contributed by atoms with E-state index in [0.717, 1.165) is 58.5 Å². The van der Waals surface area contributed by atoms with Crippen LogP contribution in [0, 0.1) is 5.92 Å². The van der Waals surface area contributed by atoms with Crippen molar-refractivity contribution in [3.63, 3.8) is 0 Å². The van der Waals surface area contributed by atoms with Crippen LogP contribution in [0.1, 0.15) is 17.7 Å². The number of carbonyl (C=O) groups is 2. The van der Waals surface area contributed by atoms with Gasteiger partial charge in [-0.25, -0.2) is 0 Å². The summed E-state index contributed by atoms with van der Waals surface area (Å²) < 4.78 is 0. The van der Waals surface area contributed by atoms with Crippen LogP contribution in [0.4, 0.5) is 5.69 Å². The highest BCUT2D eigenvalue weighted by atomic mass is 16.2. The molecule has 2 amide bonds. The van der Waals surface area contributed by atoms with Gasteiger partial charge in [0.05, 0.1) is 18.0 Å². The van der Waals surface area contributed by atoms with Crippen molar-refractivity contribution in [1.29, 1.82) is 0 Å². The topological polar surface area (TPSA) is 107 Å². The lowest BCUT2D eigenvalue weighted by atomic mass is 10.1. The Morgan fingerprint density at radius 3 is 2.86 bits per heavy atom. The number of hydrogen-bond acceptors (Lipinski definition) is 6. The van der Waals surface area contributed by atoms with E-state index in [9.17, 15) is 9.59 Å². The molecule has 1 saturated heterocycles. The van der Waals surface area contributed by atoms with Gasteiger partial charge in [-0.2, -0.15) is 5.10 Å². The van der Waals surface area contributed by atoms with Gasteiger partial charge in [0, 0.05) is 67.0 Å². The van der Waals surface area contributed by atoms with E-state index in [2.05, 4.69) is 30.4 Å². The first kappa shape index (κ1) is 22.4. The summed E-state index contributed by atoms with van der Waals surface area (Å²) in [7, 11) is 0. The fourth-order valence-corrected chi connectivity index (χ4v) is 5.13. The van der Waals surface area contributed by atoms with Gasteiger partial charge in [-0.15, -0.1) is 0 Å². The lowest BCUT2D eigenvalue weighted by Crippen LogP contribution is -2.42. The summed E-state index contributed by atoms with van der Waals surface area (Å²) in [6.45, 7) is 2.97.